The van der Waals surface area contributed by atoms with Gasteiger partial charge in [-0.2, -0.15) is 0 Å². The van der Waals surface area contributed by atoms with Crippen LogP contribution in [0.1, 0.15) is 22.4 Å². The zero-order valence-corrected chi connectivity index (χ0v) is 17.0. The van der Waals surface area contributed by atoms with Crippen molar-refractivity contribution in [2.45, 2.75) is 27.3 Å². The number of nitrogens with one attached hydrogen (secondary N) is 1. The first-order valence-corrected chi connectivity index (χ1v) is 9.24. The molecule has 4 nitrogen and oxygen atoms in total. The van der Waals surface area contributed by atoms with E-state index in [-0.39, 0.29) is 0 Å². The summed E-state index contributed by atoms with van der Waals surface area (Å²) in [6.07, 6.45) is 3.67. The van der Waals surface area contributed by atoms with Crippen LogP contribution < -0.4 is 10.1 Å². The highest BCUT2D eigenvalue weighted by Gasteiger charge is 2.10. The van der Waals surface area contributed by atoms with E-state index in [4.69, 9.17) is 4.74 Å². The summed E-state index contributed by atoms with van der Waals surface area (Å²) in [5.41, 5.74) is 7.66. The molecule has 3 aromatic rings. The van der Waals surface area contributed by atoms with Gasteiger partial charge in [0.05, 0.1) is 19.3 Å². The third-order valence-corrected chi connectivity index (χ3v) is 4.78. The Morgan fingerprint density at radius 1 is 1.04 bits per heavy atom. The maximum Gasteiger partial charge on any atom is 0.128 e. The Morgan fingerprint density at radius 2 is 1.85 bits per heavy atom. The normalized spacial score (nSPS) is 10.7. The van der Waals surface area contributed by atoms with E-state index in [1.54, 1.807) is 13.3 Å². The van der Waals surface area contributed by atoms with Crippen LogP contribution in [0.15, 0.2) is 47.3 Å². The first kappa shape index (κ1) is 18.4. The molecular weight excluding hydrogens is 390 g/mol. The van der Waals surface area contributed by atoms with Crippen LogP contribution in [0.4, 0.5) is 5.69 Å². The predicted octanol–water partition coefficient (Wildman–Crippen LogP) is 5.45. The summed E-state index contributed by atoms with van der Waals surface area (Å²) in [6.45, 7) is 6.80. The highest BCUT2D eigenvalue weighted by molar-refractivity contribution is 9.10. The zero-order chi connectivity index (χ0) is 18.7. The number of pyridine rings is 2. The first-order valence-electron chi connectivity index (χ1n) is 8.44. The van der Waals surface area contributed by atoms with Gasteiger partial charge in [-0.1, -0.05) is 6.07 Å². The largest absolute Gasteiger partial charge is 0.496 e. The molecule has 1 N–H and O–H groups in total. The van der Waals surface area contributed by atoms with Crippen molar-refractivity contribution in [1.82, 2.24) is 9.97 Å². The van der Waals surface area contributed by atoms with Crippen LogP contribution in [-0.4, -0.2) is 17.1 Å². The monoisotopic (exact) mass is 411 g/mol. The lowest BCUT2D eigenvalue weighted by atomic mass is 10.0. The Morgan fingerprint density at radius 3 is 2.58 bits per heavy atom. The maximum absolute atomic E-state index is 5.50. The number of hydrogen-bond acceptors (Lipinski definition) is 4. The van der Waals surface area contributed by atoms with E-state index < -0.39 is 0 Å². The SMILES string of the molecule is COc1c(C)cnc(CNc2cc(C)cc(-c3ccnc(Br)c3)c2)c1C. The van der Waals surface area contributed by atoms with Crippen LogP contribution in [0.25, 0.3) is 11.1 Å². The summed E-state index contributed by atoms with van der Waals surface area (Å²) < 4.78 is 6.33. The molecule has 5 heteroatoms. The van der Waals surface area contributed by atoms with Crippen molar-refractivity contribution >= 4 is 21.6 Å². The number of halogens is 1. The minimum Gasteiger partial charge on any atom is -0.496 e. The van der Waals surface area contributed by atoms with Gasteiger partial charge in [-0.25, -0.2) is 4.98 Å². The molecular formula is C21H22BrN3O. The lowest BCUT2D eigenvalue weighted by molar-refractivity contribution is 0.407. The number of aryl methyl sites for hydroxylation is 2. The Labute approximate surface area is 162 Å². The van der Waals surface area contributed by atoms with Gasteiger partial charge in [-0.15, -0.1) is 0 Å². The zero-order valence-electron chi connectivity index (χ0n) is 15.4. The van der Waals surface area contributed by atoms with Crippen molar-refractivity contribution in [3.63, 3.8) is 0 Å². The molecule has 134 valence electrons. The summed E-state index contributed by atoms with van der Waals surface area (Å²) >= 11 is 3.44. The standard InChI is InChI=1S/C21H22BrN3O/c1-13-7-17(16-5-6-23-20(22)10-16)9-18(8-13)24-12-19-15(3)21(26-4)14(2)11-25-19/h5-11,24H,12H2,1-4H3. The van der Waals surface area contributed by atoms with Gasteiger partial charge in [0.15, 0.2) is 0 Å². The molecule has 1 aromatic carbocycles. The molecule has 26 heavy (non-hydrogen) atoms. The number of aromatic nitrogens is 2. The number of hydrogen-bond donors (Lipinski definition) is 1. The third kappa shape index (κ3) is 4.05. The molecule has 0 spiro atoms. The minimum atomic E-state index is 0.644. The molecule has 0 aliphatic heterocycles. The number of nitrogens with zero attached hydrogens (tertiary/aromatic N) is 2. The van der Waals surface area contributed by atoms with Crippen LogP contribution >= 0.6 is 15.9 Å². The van der Waals surface area contributed by atoms with Gasteiger partial charge in [-0.3, -0.25) is 4.98 Å². The molecule has 0 unspecified atom stereocenters. The lowest BCUT2D eigenvalue weighted by Crippen LogP contribution is -2.06. The number of ether oxygens (including phenoxy) is 1. The van der Waals surface area contributed by atoms with Gasteiger partial charge >= 0.3 is 0 Å². The molecule has 0 saturated heterocycles. The van der Waals surface area contributed by atoms with E-state index in [1.807, 2.05) is 32.2 Å². The predicted molar refractivity (Wildman–Crippen MR) is 110 cm³/mol. The second-order valence-corrected chi connectivity index (χ2v) is 7.17. The van der Waals surface area contributed by atoms with Crippen molar-refractivity contribution in [3.05, 3.63) is 69.7 Å². The fourth-order valence-electron chi connectivity index (χ4n) is 3.07. The average Bonchev–Trinajstić information content (AvgIpc) is 2.61. The van der Waals surface area contributed by atoms with Gasteiger partial charge < -0.3 is 10.1 Å². The molecule has 0 radical (unpaired) electrons. The molecule has 0 aliphatic carbocycles. The Balaban J connectivity index is 1.85. The number of benzene rings is 1. The summed E-state index contributed by atoms with van der Waals surface area (Å²) in [5, 5.41) is 3.49. The quantitative estimate of drug-likeness (QED) is 0.566. The van der Waals surface area contributed by atoms with Crippen LogP contribution in [0, 0.1) is 20.8 Å². The average molecular weight is 412 g/mol. The summed E-state index contributed by atoms with van der Waals surface area (Å²) in [4.78, 5) is 8.76. The smallest absolute Gasteiger partial charge is 0.128 e. The van der Waals surface area contributed by atoms with Gasteiger partial charge in [-0.05, 0) is 77.7 Å². The van der Waals surface area contributed by atoms with Gasteiger partial charge in [0.1, 0.15) is 10.4 Å². The van der Waals surface area contributed by atoms with Crippen LogP contribution in [0.5, 0.6) is 5.75 Å². The van der Waals surface area contributed by atoms with Gasteiger partial charge in [0.2, 0.25) is 0 Å². The Bertz CT molecular complexity index is 941. The fraction of sp³-hybridized carbons (Fsp3) is 0.238. The minimum absolute atomic E-state index is 0.644. The molecule has 2 heterocycles. The number of anilines is 1. The summed E-state index contributed by atoms with van der Waals surface area (Å²) in [5.74, 6) is 0.906. The van der Waals surface area contributed by atoms with E-state index in [2.05, 4.69) is 56.3 Å². The van der Waals surface area contributed by atoms with E-state index in [0.717, 1.165) is 44.0 Å². The van der Waals surface area contributed by atoms with E-state index >= 15 is 0 Å². The van der Waals surface area contributed by atoms with Crippen molar-refractivity contribution in [2.24, 2.45) is 0 Å². The van der Waals surface area contributed by atoms with Crippen LogP contribution in [0.3, 0.4) is 0 Å². The van der Waals surface area contributed by atoms with Gasteiger partial charge in [0.25, 0.3) is 0 Å². The first-order chi connectivity index (χ1) is 12.5. The van der Waals surface area contributed by atoms with Gasteiger partial charge in [0, 0.05) is 29.2 Å². The number of rotatable bonds is 5. The van der Waals surface area contributed by atoms with Crippen molar-refractivity contribution in [1.29, 1.82) is 0 Å². The molecule has 3 rings (SSSR count). The highest BCUT2D eigenvalue weighted by Crippen LogP contribution is 2.28. The van der Waals surface area contributed by atoms with E-state index in [0.29, 0.717) is 6.54 Å². The maximum atomic E-state index is 5.50. The molecule has 0 aliphatic rings. The van der Waals surface area contributed by atoms with Crippen molar-refractivity contribution < 1.29 is 4.74 Å². The third-order valence-electron chi connectivity index (χ3n) is 4.35. The topological polar surface area (TPSA) is 47.0 Å². The molecule has 0 saturated carbocycles. The molecule has 2 aromatic heterocycles. The molecule has 0 atom stereocenters. The van der Waals surface area contributed by atoms with Crippen LogP contribution in [-0.2, 0) is 6.54 Å². The van der Waals surface area contributed by atoms with E-state index in [9.17, 15) is 0 Å². The second kappa shape index (κ2) is 7.87. The lowest BCUT2D eigenvalue weighted by Gasteiger charge is -2.14. The second-order valence-electron chi connectivity index (χ2n) is 6.35. The van der Waals surface area contributed by atoms with E-state index in [1.165, 1.54) is 5.56 Å². The number of methoxy groups -OCH3 is 1. The van der Waals surface area contributed by atoms with Crippen molar-refractivity contribution in [2.75, 3.05) is 12.4 Å². The highest BCUT2D eigenvalue weighted by atomic mass is 79.9. The summed E-state index contributed by atoms with van der Waals surface area (Å²) in [6, 6.07) is 10.5. The van der Waals surface area contributed by atoms with Crippen molar-refractivity contribution in [3.8, 4) is 16.9 Å². The summed E-state index contributed by atoms with van der Waals surface area (Å²) in [7, 11) is 1.70. The molecule has 0 bridgehead atoms. The van der Waals surface area contributed by atoms with Crippen LogP contribution in [0.2, 0.25) is 0 Å². The molecule has 0 amide bonds. The molecule has 0 fully saturated rings. The fourth-order valence-corrected chi connectivity index (χ4v) is 3.43. The Hall–Kier alpha value is -2.40. The Kier molecular flexibility index (Phi) is 5.57.